The molecule has 1 atom stereocenters. The molecule has 0 amide bonds. The quantitative estimate of drug-likeness (QED) is 0.663. The summed E-state index contributed by atoms with van der Waals surface area (Å²) >= 11 is 3.60. The van der Waals surface area contributed by atoms with Gasteiger partial charge in [0.05, 0.1) is 0 Å². The predicted molar refractivity (Wildman–Crippen MR) is 51.1 cm³/mol. The largest absolute Gasteiger partial charge is 0.384 e. The Hall–Kier alpha value is 0.440. The van der Waals surface area contributed by atoms with Gasteiger partial charge >= 0.3 is 0 Å². The van der Waals surface area contributed by atoms with Gasteiger partial charge in [0.2, 0.25) is 0 Å². The Morgan fingerprint density at radius 2 is 2.18 bits per heavy atom. The zero-order valence-corrected chi connectivity index (χ0v) is 8.99. The highest BCUT2D eigenvalue weighted by molar-refractivity contribution is 9.09. The van der Waals surface area contributed by atoms with E-state index in [4.69, 9.17) is 4.74 Å². The number of ether oxygens (including phenoxy) is 1. The number of methoxy groups -OCH3 is 1. The van der Waals surface area contributed by atoms with Crippen molar-refractivity contribution in [2.75, 3.05) is 19.0 Å². The van der Waals surface area contributed by atoms with Gasteiger partial charge in [-0.25, -0.2) is 0 Å². The zero-order valence-electron chi connectivity index (χ0n) is 7.40. The first-order chi connectivity index (χ1) is 5.25. The lowest BCUT2D eigenvalue weighted by Gasteiger charge is -2.45. The number of hydrogen-bond donors (Lipinski definition) is 0. The second-order valence-electron chi connectivity index (χ2n) is 3.71. The molecular weight excluding hydrogens is 204 g/mol. The van der Waals surface area contributed by atoms with E-state index in [-0.39, 0.29) is 0 Å². The van der Waals surface area contributed by atoms with Gasteiger partial charge in [-0.05, 0) is 24.2 Å². The van der Waals surface area contributed by atoms with Crippen molar-refractivity contribution in [3.63, 3.8) is 0 Å². The number of rotatable bonds is 4. The van der Waals surface area contributed by atoms with Crippen molar-refractivity contribution in [3.05, 3.63) is 0 Å². The average Bonchev–Trinajstić information content (AvgIpc) is 1.87. The van der Waals surface area contributed by atoms with Crippen LogP contribution in [-0.4, -0.2) is 19.0 Å². The number of alkyl halides is 1. The Balaban J connectivity index is 2.40. The molecule has 0 aromatic rings. The normalized spacial score (nSPS) is 24.3. The fourth-order valence-corrected chi connectivity index (χ4v) is 2.93. The fraction of sp³-hybridized carbons (Fsp3) is 1.00. The smallest absolute Gasteiger partial charge is 0.0493 e. The summed E-state index contributed by atoms with van der Waals surface area (Å²) in [5, 5.41) is 1.14. The zero-order chi connectivity index (χ0) is 8.32. The lowest BCUT2D eigenvalue weighted by atomic mass is 9.63. The van der Waals surface area contributed by atoms with Crippen molar-refractivity contribution >= 4 is 15.9 Å². The van der Waals surface area contributed by atoms with Crippen molar-refractivity contribution in [3.8, 4) is 0 Å². The first-order valence-electron chi connectivity index (χ1n) is 4.30. The van der Waals surface area contributed by atoms with E-state index in [0.717, 1.165) is 11.9 Å². The Kier molecular flexibility index (Phi) is 3.38. The van der Waals surface area contributed by atoms with E-state index in [9.17, 15) is 0 Å². The van der Waals surface area contributed by atoms with Gasteiger partial charge in [0, 0.05) is 19.0 Å². The molecule has 0 radical (unpaired) electrons. The summed E-state index contributed by atoms with van der Waals surface area (Å²) in [6.07, 6.45) is 4.16. The molecule has 66 valence electrons. The standard InChI is InChI=1S/C9H17BrO/c1-8(6-11-2)9(7-10)4-3-5-9/h8H,3-7H2,1-2H3. The van der Waals surface area contributed by atoms with Gasteiger partial charge in [-0.3, -0.25) is 0 Å². The maximum absolute atomic E-state index is 5.17. The van der Waals surface area contributed by atoms with Gasteiger partial charge in [0.25, 0.3) is 0 Å². The molecule has 0 saturated heterocycles. The maximum atomic E-state index is 5.17. The topological polar surface area (TPSA) is 9.23 Å². The van der Waals surface area contributed by atoms with Crippen LogP contribution < -0.4 is 0 Å². The molecule has 1 unspecified atom stereocenters. The summed E-state index contributed by atoms with van der Waals surface area (Å²) in [5.41, 5.74) is 0.565. The minimum absolute atomic E-state index is 0.565. The predicted octanol–water partition coefficient (Wildman–Crippen LogP) is 2.83. The third-order valence-electron chi connectivity index (χ3n) is 3.08. The molecule has 1 fully saturated rings. The molecule has 0 aliphatic heterocycles. The maximum Gasteiger partial charge on any atom is 0.0493 e. The summed E-state index contributed by atoms with van der Waals surface area (Å²) < 4.78 is 5.17. The van der Waals surface area contributed by atoms with Crippen molar-refractivity contribution in [1.82, 2.24) is 0 Å². The summed E-state index contributed by atoms with van der Waals surface area (Å²) in [7, 11) is 1.79. The third kappa shape index (κ3) is 1.78. The van der Waals surface area contributed by atoms with E-state index >= 15 is 0 Å². The Morgan fingerprint density at radius 1 is 1.55 bits per heavy atom. The average molecular weight is 221 g/mol. The van der Waals surface area contributed by atoms with E-state index in [2.05, 4.69) is 22.9 Å². The molecule has 0 N–H and O–H groups in total. The molecule has 1 nitrogen and oxygen atoms in total. The van der Waals surface area contributed by atoms with Crippen LogP contribution in [0.3, 0.4) is 0 Å². The molecule has 0 aromatic heterocycles. The van der Waals surface area contributed by atoms with Crippen molar-refractivity contribution < 1.29 is 4.74 Å². The number of halogens is 1. The van der Waals surface area contributed by atoms with Crippen LogP contribution in [0.4, 0.5) is 0 Å². The SMILES string of the molecule is COCC(C)C1(CBr)CCC1. The lowest BCUT2D eigenvalue weighted by Crippen LogP contribution is -2.39. The van der Waals surface area contributed by atoms with Crippen LogP contribution in [0.25, 0.3) is 0 Å². The van der Waals surface area contributed by atoms with Gasteiger partial charge < -0.3 is 4.74 Å². The van der Waals surface area contributed by atoms with Crippen LogP contribution in [0.5, 0.6) is 0 Å². The van der Waals surface area contributed by atoms with Crippen molar-refractivity contribution in [2.24, 2.45) is 11.3 Å². The van der Waals surface area contributed by atoms with Crippen LogP contribution in [-0.2, 0) is 4.74 Å². The molecule has 11 heavy (non-hydrogen) atoms. The van der Waals surface area contributed by atoms with Gasteiger partial charge in [0.15, 0.2) is 0 Å². The van der Waals surface area contributed by atoms with E-state index in [1.807, 2.05) is 0 Å². The molecule has 0 bridgehead atoms. The molecule has 1 aliphatic carbocycles. The molecule has 1 rings (SSSR count). The number of hydrogen-bond acceptors (Lipinski definition) is 1. The summed E-state index contributed by atoms with van der Waals surface area (Å²) in [6.45, 7) is 3.20. The minimum Gasteiger partial charge on any atom is -0.384 e. The highest BCUT2D eigenvalue weighted by Gasteiger charge is 2.40. The summed E-state index contributed by atoms with van der Waals surface area (Å²) in [5.74, 6) is 0.709. The molecular formula is C9H17BrO. The molecule has 0 heterocycles. The second kappa shape index (κ2) is 3.90. The Labute approximate surface area is 77.6 Å². The van der Waals surface area contributed by atoms with Crippen LogP contribution in [0.2, 0.25) is 0 Å². The summed E-state index contributed by atoms with van der Waals surface area (Å²) in [4.78, 5) is 0. The van der Waals surface area contributed by atoms with Gasteiger partial charge in [-0.2, -0.15) is 0 Å². The molecule has 1 aliphatic rings. The van der Waals surface area contributed by atoms with E-state index < -0.39 is 0 Å². The molecule has 2 heteroatoms. The molecule has 1 saturated carbocycles. The molecule has 0 spiro atoms. The first kappa shape index (κ1) is 9.53. The molecule has 0 aromatic carbocycles. The summed E-state index contributed by atoms with van der Waals surface area (Å²) in [6, 6.07) is 0. The van der Waals surface area contributed by atoms with Gasteiger partial charge in [-0.15, -0.1) is 0 Å². The van der Waals surface area contributed by atoms with E-state index in [0.29, 0.717) is 11.3 Å². The lowest BCUT2D eigenvalue weighted by molar-refractivity contribution is 0.0294. The van der Waals surface area contributed by atoms with Crippen molar-refractivity contribution in [2.45, 2.75) is 26.2 Å². The van der Waals surface area contributed by atoms with Crippen LogP contribution in [0.1, 0.15) is 26.2 Å². The first-order valence-corrected chi connectivity index (χ1v) is 5.42. The minimum atomic E-state index is 0.565. The van der Waals surface area contributed by atoms with E-state index in [1.165, 1.54) is 19.3 Å². The monoisotopic (exact) mass is 220 g/mol. The fourth-order valence-electron chi connectivity index (χ4n) is 1.82. The van der Waals surface area contributed by atoms with E-state index in [1.54, 1.807) is 7.11 Å². The van der Waals surface area contributed by atoms with Crippen molar-refractivity contribution in [1.29, 1.82) is 0 Å². The Bertz CT molecular complexity index is 115. The third-order valence-corrected chi connectivity index (χ3v) is 4.19. The van der Waals surface area contributed by atoms with Gasteiger partial charge in [-0.1, -0.05) is 29.3 Å². The van der Waals surface area contributed by atoms with Crippen LogP contribution in [0.15, 0.2) is 0 Å². The Morgan fingerprint density at radius 3 is 2.45 bits per heavy atom. The van der Waals surface area contributed by atoms with Gasteiger partial charge in [0.1, 0.15) is 0 Å². The van der Waals surface area contributed by atoms with Crippen LogP contribution in [0, 0.1) is 11.3 Å². The highest BCUT2D eigenvalue weighted by Crippen LogP contribution is 2.48. The van der Waals surface area contributed by atoms with Crippen LogP contribution >= 0.6 is 15.9 Å². The second-order valence-corrected chi connectivity index (χ2v) is 4.27. The highest BCUT2D eigenvalue weighted by atomic mass is 79.9.